The van der Waals surface area contributed by atoms with E-state index in [4.69, 9.17) is 0 Å². The van der Waals surface area contributed by atoms with Crippen LogP contribution in [0, 0.1) is 0 Å². The monoisotopic (exact) mass is 766 g/mol. The van der Waals surface area contributed by atoms with Gasteiger partial charge in [-0.1, -0.05) is 36.4 Å². The Kier molecular flexibility index (Phi) is 7.55. The summed E-state index contributed by atoms with van der Waals surface area (Å²) in [4.78, 5) is 2.45. The van der Waals surface area contributed by atoms with Gasteiger partial charge < -0.3 is 4.57 Å². The van der Waals surface area contributed by atoms with E-state index in [2.05, 4.69) is 216 Å². The van der Waals surface area contributed by atoms with Crippen molar-refractivity contribution in [2.45, 2.75) is 0 Å². The number of para-hydroxylation sites is 3. The maximum atomic E-state index is 2.45. The summed E-state index contributed by atoms with van der Waals surface area (Å²) in [5, 5.41) is 7.73. The van der Waals surface area contributed by atoms with Crippen LogP contribution in [0.25, 0.3) is 79.8 Å². The van der Waals surface area contributed by atoms with E-state index in [0.29, 0.717) is 14.5 Å². The van der Waals surface area contributed by atoms with Gasteiger partial charge in [0.15, 0.2) is 0 Å². The molecule has 3 heteroatoms. The first kappa shape index (κ1) is 31.8. The van der Waals surface area contributed by atoms with Crippen LogP contribution in [0.15, 0.2) is 206 Å². The zero-order valence-electron chi connectivity index (χ0n) is 29.9. The Labute approximate surface area is 325 Å². The number of benzene rings is 9. The molecule has 0 bridgehead atoms. The van der Waals surface area contributed by atoms with Crippen molar-refractivity contribution in [3.8, 4) is 27.9 Å². The number of fused-ring (bicyclic) bond motifs is 7. The van der Waals surface area contributed by atoms with Crippen molar-refractivity contribution in [2.24, 2.45) is 0 Å². The van der Waals surface area contributed by atoms with E-state index in [1.54, 1.807) is 0 Å². The first-order valence-corrected chi connectivity index (χ1v) is 20.5. The van der Waals surface area contributed by atoms with Gasteiger partial charge in [-0.2, -0.15) is 0 Å². The van der Waals surface area contributed by atoms with Crippen molar-refractivity contribution in [3.63, 3.8) is 0 Å². The molecule has 11 rings (SSSR count). The standard InChI is InChI=1S/C52H34N2Se/c1-2-15-38(16-3-1)54-49-23-10-7-19-44(49)45-31-27-37(33-50(45)54)35-25-28-39(29-26-35)53(40-30-32-52-47(34-40)46-20-8-11-24-51(46)55-52)48-22-9-6-18-43(48)42-21-12-14-36-13-4-5-17-41(36)42/h1-34H. The zero-order valence-corrected chi connectivity index (χ0v) is 31.6. The van der Waals surface area contributed by atoms with Crippen LogP contribution in [0.3, 0.4) is 0 Å². The number of hydrogen-bond donors (Lipinski definition) is 0. The van der Waals surface area contributed by atoms with Crippen LogP contribution in [-0.2, 0) is 0 Å². The van der Waals surface area contributed by atoms with E-state index < -0.39 is 0 Å². The molecule has 0 radical (unpaired) electrons. The van der Waals surface area contributed by atoms with Gasteiger partial charge in [0, 0.05) is 16.5 Å². The molecule has 2 heterocycles. The summed E-state index contributed by atoms with van der Waals surface area (Å²) in [7, 11) is 0. The smallest absolute Gasteiger partial charge is 0.0602 e. The first-order valence-electron chi connectivity index (χ1n) is 18.8. The summed E-state index contributed by atoms with van der Waals surface area (Å²) in [5.41, 5.74) is 11.8. The molecule has 0 saturated heterocycles. The third-order valence-electron chi connectivity index (χ3n) is 11.0. The Hall–Kier alpha value is -6.64. The van der Waals surface area contributed by atoms with Gasteiger partial charge in [0.25, 0.3) is 0 Å². The second kappa shape index (κ2) is 13.0. The van der Waals surface area contributed by atoms with E-state index in [1.165, 1.54) is 79.8 Å². The molecule has 0 fully saturated rings. The van der Waals surface area contributed by atoms with Crippen LogP contribution in [0.2, 0.25) is 0 Å². The molecule has 55 heavy (non-hydrogen) atoms. The molecule has 0 amide bonds. The zero-order chi connectivity index (χ0) is 36.3. The Morgan fingerprint density at radius 3 is 1.89 bits per heavy atom. The fourth-order valence-electron chi connectivity index (χ4n) is 8.45. The predicted molar refractivity (Wildman–Crippen MR) is 236 cm³/mol. The van der Waals surface area contributed by atoms with E-state index in [9.17, 15) is 0 Å². The van der Waals surface area contributed by atoms with Crippen LogP contribution in [-0.4, -0.2) is 19.1 Å². The second-order valence-electron chi connectivity index (χ2n) is 14.1. The Morgan fingerprint density at radius 2 is 1.00 bits per heavy atom. The van der Waals surface area contributed by atoms with Gasteiger partial charge in [-0.25, -0.2) is 0 Å². The molecule has 258 valence electrons. The SMILES string of the molecule is c1ccc(-n2c3ccccc3c3ccc(-c4ccc(N(c5ccc6[se]c7ccccc7c6c5)c5ccccc5-c5cccc6ccccc56)cc4)cc32)cc1. The maximum absolute atomic E-state index is 2.45. The molecule has 9 aromatic carbocycles. The summed E-state index contributed by atoms with van der Waals surface area (Å²) in [6.07, 6.45) is 0. The quantitative estimate of drug-likeness (QED) is 0.153. The molecule has 0 aliphatic carbocycles. The van der Waals surface area contributed by atoms with Crippen LogP contribution < -0.4 is 4.90 Å². The molecule has 0 spiro atoms. The predicted octanol–water partition coefficient (Wildman–Crippen LogP) is 14.1. The van der Waals surface area contributed by atoms with Crippen molar-refractivity contribution in [3.05, 3.63) is 206 Å². The average molecular weight is 766 g/mol. The van der Waals surface area contributed by atoms with Crippen molar-refractivity contribution >= 4 is 83.4 Å². The van der Waals surface area contributed by atoms with Crippen LogP contribution in [0.4, 0.5) is 17.1 Å². The minimum Gasteiger partial charge on any atom is -0.0602 e. The fraction of sp³-hybridized carbons (Fsp3) is 0. The van der Waals surface area contributed by atoms with Crippen molar-refractivity contribution < 1.29 is 0 Å². The van der Waals surface area contributed by atoms with Gasteiger partial charge in [0.2, 0.25) is 0 Å². The molecule has 11 aromatic rings. The summed E-state index contributed by atoms with van der Waals surface area (Å²) in [5.74, 6) is 0. The minimum absolute atomic E-state index is 0.311. The van der Waals surface area contributed by atoms with Crippen LogP contribution >= 0.6 is 0 Å². The van der Waals surface area contributed by atoms with E-state index >= 15 is 0 Å². The van der Waals surface area contributed by atoms with Gasteiger partial charge in [-0.3, -0.25) is 0 Å². The fourth-order valence-corrected chi connectivity index (χ4v) is 10.7. The van der Waals surface area contributed by atoms with Gasteiger partial charge in [0.1, 0.15) is 0 Å². The number of hydrogen-bond acceptors (Lipinski definition) is 1. The van der Waals surface area contributed by atoms with Crippen molar-refractivity contribution in [1.29, 1.82) is 0 Å². The molecular formula is C52H34N2Se. The van der Waals surface area contributed by atoms with E-state index in [1.807, 2.05) is 0 Å². The summed E-state index contributed by atoms with van der Waals surface area (Å²) < 4.78 is 5.29. The Balaban J connectivity index is 1.08. The summed E-state index contributed by atoms with van der Waals surface area (Å²) >= 11 is 0.311. The van der Waals surface area contributed by atoms with Crippen LogP contribution in [0.5, 0.6) is 0 Å². The molecule has 0 aliphatic heterocycles. The molecule has 2 nitrogen and oxygen atoms in total. The molecule has 0 atom stereocenters. The second-order valence-corrected chi connectivity index (χ2v) is 16.4. The minimum atomic E-state index is 0.311. The van der Waals surface area contributed by atoms with Crippen LogP contribution in [0.1, 0.15) is 0 Å². The van der Waals surface area contributed by atoms with E-state index in [0.717, 1.165) is 17.1 Å². The Bertz CT molecular complexity index is 3200. The molecule has 0 N–H and O–H groups in total. The van der Waals surface area contributed by atoms with Gasteiger partial charge in [-0.05, 0) is 18.2 Å². The first-order chi connectivity index (χ1) is 27.3. The van der Waals surface area contributed by atoms with Gasteiger partial charge in [0.05, 0.1) is 5.52 Å². The third-order valence-corrected chi connectivity index (χ3v) is 13.4. The molecule has 0 aliphatic rings. The third kappa shape index (κ3) is 5.32. The summed E-state index contributed by atoms with van der Waals surface area (Å²) in [6, 6.07) is 75.7. The average Bonchev–Trinajstić information content (AvgIpc) is 3.79. The molecular weight excluding hydrogens is 732 g/mol. The molecule has 0 saturated carbocycles. The van der Waals surface area contributed by atoms with Crippen molar-refractivity contribution in [1.82, 2.24) is 4.57 Å². The Morgan fingerprint density at radius 1 is 0.364 bits per heavy atom. The number of rotatable bonds is 6. The molecule has 0 unspecified atom stereocenters. The normalized spacial score (nSPS) is 11.6. The number of nitrogens with zero attached hydrogens (tertiary/aromatic N) is 2. The summed E-state index contributed by atoms with van der Waals surface area (Å²) in [6.45, 7) is 0. The topological polar surface area (TPSA) is 8.17 Å². The number of anilines is 3. The van der Waals surface area contributed by atoms with Gasteiger partial charge in [-0.15, -0.1) is 0 Å². The van der Waals surface area contributed by atoms with Gasteiger partial charge >= 0.3 is 246 Å². The van der Waals surface area contributed by atoms with E-state index in [-0.39, 0.29) is 0 Å². The number of aromatic nitrogens is 1. The molecule has 2 aromatic heterocycles. The van der Waals surface area contributed by atoms with Crippen molar-refractivity contribution in [2.75, 3.05) is 4.90 Å².